The standard InChI is InChI=1S/C57H38N2/c1-4-21-42(22-5-1)57(52-29-16-20-39-17-12-13-27-47(39)52)53-36-41-19-11-10-18-40(41)35-51(53)48-33-31-45(37-54(48)57)58(43-23-6-2-7-24-43)46-32-34-50-49-28-14-15-30-55(49)59(56(50)38-46)44-25-8-3-9-26-44/h1-38H. The molecular formula is C57H38N2. The number of hydrogen-bond donors (Lipinski definition) is 0. The number of hydrogen-bond acceptors (Lipinski definition) is 1. The second-order valence-corrected chi connectivity index (χ2v) is 15.7. The Balaban J connectivity index is 1.17. The first-order valence-corrected chi connectivity index (χ1v) is 20.4. The SMILES string of the molecule is c1ccc(N(c2ccc3c(c2)C(c2ccccc2)(c2cccc4ccccc24)c2cc4ccccc4cc2-3)c2ccc3c4ccccc4n(-c4ccccc4)c3c2)cc1. The smallest absolute Gasteiger partial charge is 0.0720 e. The van der Waals surface area contributed by atoms with Crippen LogP contribution in [0.5, 0.6) is 0 Å². The van der Waals surface area contributed by atoms with Crippen molar-refractivity contribution in [1.82, 2.24) is 4.57 Å². The van der Waals surface area contributed by atoms with E-state index in [1.807, 2.05) is 0 Å². The molecule has 10 aromatic carbocycles. The van der Waals surface area contributed by atoms with Crippen molar-refractivity contribution in [3.05, 3.63) is 253 Å². The molecule has 0 bridgehead atoms. The van der Waals surface area contributed by atoms with Gasteiger partial charge < -0.3 is 9.47 Å². The third-order valence-electron chi connectivity index (χ3n) is 12.6. The van der Waals surface area contributed by atoms with Crippen LogP contribution in [0.2, 0.25) is 0 Å². The van der Waals surface area contributed by atoms with Crippen LogP contribution in [0.3, 0.4) is 0 Å². The summed E-state index contributed by atoms with van der Waals surface area (Å²) in [5.74, 6) is 0. The lowest BCUT2D eigenvalue weighted by atomic mass is 9.66. The van der Waals surface area contributed by atoms with Gasteiger partial charge in [0.15, 0.2) is 0 Å². The highest BCUT2D eigenvalue weighted by atomic mass is 15.1. The van der Waals surface area contributed by atoms with Gasteiger partial charge in [-0.2, -0.15) is 0 Å². The minimum absolute atomic E-state index is 0.598. The van der Waals surface area contributed by atoms with E-state index in [9.17, 15) is 0 Å². The molecule has 1 aliphatic carbocycles. The van der Waals surface area contributed by atoms with E-state index in [2.05, 4.69) is 240 Å². The number of anilines is 3. The van der Waals surface area contributed by atoms with E-state index in [-0.39, 0.29) is 0 Å². The van der Waals surface area contributed by atoms with Crippen molar-refractivity contribution in [2.45, 2.75) is 5.41 Å². The van der Waals surface area contributed by atoms with Gasteiger partial charge in [-0.3, -0.25) is 0 Å². The molecule has 0 saturated carbocycles. The summed E-state index contributed by atoms with van der Waals surface area (Å²) in [7, 11) is 0. The van der Waals surface area contributed by atoms with E-state index in [1.165, 1.54) is 76.7 Å². The van der Waals surface area contributed by atoms with Crippen LogP contribution < -0.4 is 4.90 Å². The molecule has 12 rings (SSSR count). The Morgan fingerprint density at radius 2 is 0.898 bits per heavy atom. The van der Waals surface area contributed by atoms with Crippen LogP contribution in [-0.4, -0.2) is 4.57 Å². The van der Waals surface area contributed by atoms with E-state index in [4.69, 9.17) is 0 Å². The third-order valence-corrected chi connectivity index (χ3v) is 12.6. The van der Waals surface area contributed by atoms with Crippen LogP contribution in [0.4, 0.5) is 17.1 Å². The fourth-order valence-electron chi connectivity index (χ4n) is 10.1. The van der Waals surface area contributed by atoms with E-state index < -0.39 is 5.41 Å². The first-order chi connectivity index (χ1) is 29.3. The lowest BCUT2D eigenvalue weighted by Gasteiger charge is -2.36. The normalized spacial score (nSPS) is 14.5. The van der Waals surface area contributed by atoms with Crippen LogP contribution in [0.25, 0.3) is 60.2 Å². The zero-order valence-electron chi connectivity index (χ0n) is 32.3. The molecule has 0 spiro atoms. The van der Waals surface area contributed by atoms with Crippen LogP contribution in [0.1, 0.15) is 22.3 Å². The number of fused-ring (bicyclic) bond motifs is 8. The van der Waals surface area contributed by atoms with Gasteiger partial charge >= 0.3 is 0 Å². The van der Waals surface area contributed by atoms with Gasteiger partial charge in [0, 0.05) is 33.5 Å². The fourth-order valence-corrected chi connectivity index (χ4v) is 10.1. The summed E-state index contributed by atoms with van der Waals surface area (Å²) < 4.78 is 2.41. The molecule has 0 radical (unpaired) electrons. The minimum atomic E-state index is -0.598. The second kappa shape index (κ2) is 13.2. The lowest BCUT2D eigenvalue weighted by molar-refractivity contribution is 0.777. The van der Waals surface area contributed by atoms with Gasteiger partial charge in [0.25, 0.3) is 0 Å². The summed E-state index contributed by atoms with van der Waals surface area (Å²) in [4.78, 5) is 2.44. The van der Waals surface area contributed by atoms with Crippen molar-refractivity contribution in [3.8, 4) is 16.8 Å². The third kappa shape index (κ3) is 5.00. The lowest BCUT2D eigenvalue weighted by Crippen LogP contribution is -2.29. The summed E-state index contributed by atoms with van der Waals surface area (Å²) in [6, 6.07) is 85.0. The minimum Gasteiger partial charge on any atom is -0.310 e. The Morgan fingerprint density at radius 3 is 1.69 bits per heavy atom. The molecule has 276 valence electrons. The highest BCUT2D eigenvalue weighted by Gasteiger charge is 2.47. The Morgan fingerprint density at radius 1 is 0.322 bits per heavy atom. The molecule has 1 unspecified atom stereocenters. The van der Waals surface area contributed by atoms with Crippen LogP contribution >= 0.6 is 0 Å². The van der Waals surface area contributed by atoms with E-state index >= 15 is 0 Å². The van der Waals surface area contributed by atoms with Gasteiger partial charge in [-0.15, -0.1) is 0 Å². The molecule has 1 heterocycles. The molecule has 11 aromatic rings. The molecule has 0 N–H and O–H groups in total. The molecule has 2 nitrogen and oxygen atoms in total. The molecule has 59 heavy (non-hydrogen) atoms. The van der Waals surface area contributed by atoms with Gasteiger partial charge in [-0.05, 0) is 122 Å². The number of para-hydroxylation sites is 3. The number of rotatable bonds is 6. The molecule has 0 fully saturated rings. The highest BCUT2D eigenvalue weighted by Crippen LogP contribution is 2.59. The summed E-state index contributed by atoms with van der Waals surface area (Å²) in [5, 5.41) is 7.46. The van der Waals surface area contributed by atoms with Crippen molar-refractivity contribution in [2.24, 2.45) is 0 Å². The molecule has 0 amide bonds. The monoisotopic (exact) mass is 750 g/mol. The Labute approximate surface area is 343 Å². The summed E-state index contributed by atoms with van der Waals surface area (Å²) >= 11 is 0. The number of aromatic nitrogens is 1. The average Bonchev–Trinajstić information content (AvgIpc) is 3.78. The Hall–Kier alpha value is -7.68. The molecule has 1 atom stereocenters. The topological polar surface area (TPSA) is 8.17 Å². The van der Waals surface area contributed by atoms with Crippen molar-refractivity contribution < 1.29 is 0 Å². The van der Waals surface area contributed by atoms with E-state index in [0.717, 1.165) is 22.7 Å². The molecule has 1 aromatic heterocycles. The Kier molecular flexibility index (Phi) is 7.48. The summed E-state index contributed by atoms with van der Waals surface area (Å²) in [6.07, 6.45) is 0. The molecule has 1 aliphatic rings. The highest BCUT2D eigenvalue weighted by molar-refractivity contribution is 6.10. The van der Waals surface area contributed by atoms with Crippen molar-refractivity contribution in [2.75, 3.05) is 4.90 Å². The van der Waals surface area contributed by atoms with Crippen molar-refractivity contribution in [1.29, 1.82) is 0 Å². The summed E-state index contributed by atoms with van der Waals surface area (Å²) in [6.45, 7) is 0. The van der Waals surface area contributed by atoms with Gasteiger partial charge in [-0.25, -0.2) is 0 Å². The fraction of sp³-hybridized carbons (Fsp3) is 0.0175. The largest absolute Gasteiger partial charge is 0.310 e. The molecule has 0 aliphatic heterocycles. The van der Waals surface area contributed by atoms with Gasteiger partial charge in [0.05, 0.1) is 16.4 Å². The van der Waals surface area contributed by atoms with Crippen molar-refractivity contribution >= 4 is 60.4 Å². The quantitative estimate of drug-likeness (QED) is 0.164. The van der Waals surface area contributed by atoms with E-state index in [0.29, 0.717) is 0 Å². The van der Waals surface area contributed by atoms with Gasteiger partial charge in [-0.1, -0.05) is 164 Å². The van der Waals surface area contributed by atoms with Crippen LogP contribution in [0.15, 0.2) is 231 Å². The van der Waals surface area contributed by atoms with Crippen LogP contribution in [-0.2, 0) is 5.41 Å². The maximum Gasteiger partial charge on any atom is 0.0720 e. The Bertz CT molecular complexity index is 3380. The van der Waals surface area contributed by atoms with E-state index in [1.54, 1.807) is 0 Å². The van der Waals surface area contributed by atoms with Crippen molar-refractivity contribution in [3.63, 3.8) is 0 Å². The van der Waals surface area contributed by atoms with Crippen LogP contribution in [0, 0.1) is 0 Å². The number of nitrogens with zero attached hydrogens (tertiary/aromatic N) is 2. The van der Waals surface area contributed by atoms with Gasteiger partial charge in [0.1, 0.15) is 0 Å². The molecular weight excluding hydrogens is 713 g/mol. The predicted molar refractivity (Wildman–Crippen MR) is 248 cm³/mol. The second-order valence-electron chi connectivity index (χ2n) is 15.7. The zero-order chi connectivity index (χ0) is 38.9. The summed E-state index contributed by atoms with van der Waals surface area (Å²) in [5.41, 5.74) is 13.9. The zero-order valence-corrected chi connectivity index (χ0v) is 32.3. The molecule has 2 heteroatoms. The maximum atomic E-state index is 2.48. The maximum absolute atomic E-state index is 2.48. The van der Waals surface area contributed by atoms with Gasteiger partial charge in [0.2, 0.25) is 0 Å². The molecule has 0 saturated heterocycles. The first-order valence-electron chi connectivity index (χ1n) is 20.4. The predicted octanol–water partition coefficient (Wildman–Crippen LogP) is 14.9. The average molecular weight is 751 g/mol. The first kappa shape index (κ1) is 33.5. The number of benzene rings is 10.